The van der Waals surface area contributed by atoms with Crippen molar-refractivity contribution < 1.29 is 39.3 Å². The van der Waals surface area contributed by atoms with Gasteiger partial charge in [-0.3, -0.25) is 19.2 Å². The molecule has 0 amide bonds. The van der Waals surface area contributed by atoms with Gasteiger partial charge in [0.25, 0.3) is 5.78 Å². The van der Waals surface area contributed by atoms with Gasteiger partial charge < -0.3 is 15.3 Å². The Morgan fingerprint density at radius 3 is 1.37 bits per heavy atom. The fraction of sp³-hybridized carbons (Fsp3) is 0.773. The summed E-state index contributed by atoms with van der Waals surface area (Å²) >= 11 is 0. The van der Waals surface area contributed by atoms with Gasteiger partial charge in [0.1, 0.15) is 0 Å². The van der Waals surface area contributed by atoms with E-state index in [2.05, 4.69) is 6.92 Å². The molecule has 0 aliphatic rings. The Morgan fingerprint density at radius 2 is 1.03 bits per heavy atom. The minimum absolute atomic E-state index is 0.289. The Hall–Kier alpha value is -2.25. The van der Waals surface area contributed by atoms with Crippen molar-refractivity contribution in [2.24, 2.45) is 5.41 Å². The molecule has 0 aromatic carbocycles. The third kappa shape index (κ3) is 9.98. The van der Waals surface area contributed by atoms with Gasteiger partial charge in [-0.05, 0) is 6.42 Å². The zero-order chi connectivity index (χ0) is 23.0. The Morgan fingerprint density at radius 1 is 0.633 bits per heavy atom. The van der Waals surface area contributed by atoms with E-state index in [1.54, 1.807) is 0 Å². The average molecular weight is 429 g/mol. The molecule has 0 rings (SSSR count). The summed E-state index contributed by atoms with van der Waals surface area (Å²) in [5, 5.41) is 27.1. The summed E-state index contributed by atoms with van der Waals surface area (Å²) in [6, 6.07) is 0. The molecule has 3 N–H and O–H groups in total. The van der Waals surface area contributed by atoms with Crippen molar-refractivity contribution >= 4 is 29.5 Å². The topological polar surface area (TPSA) is 146 Å². The molecule has 1 unspecified atom stereocenters. The van der Waals surface area contributed by atoms with Crippen LogP contribution >= 0.6 is 0 Å². The second-order valence-corrected chi connectivity index (χ2v) is 7.83. The van der Waals surface area contributed by atoms with Crippen LogP contribution in [-0.2, 0) is 24.0 Å². The molecular weight excluding hydrogens is 392 g/mol. The molecule has 8 heteroatoms. The van der Waals surface area contributed by atoms with E-state index in [4.69, 9.17) is 10.2 Å². The lowest BCUT2D eigenvalue weighted by atomic mass is 9.74. The summed E-state index contributed by atoms with van der Waals surface area (Å²) < 4.78 is 0. The summed E-state index contributed by atoms with van der Waals surface area (Å²) in [6.45, 7) is 2.20. The summed E-state index contributed by atoms with van der Waals surface area (Å²) in [5.74, 6) is -8.94. The van der Waals surface area contributed by atoms with E-state index in [1.165, 1.54) is 44.9 Å². The number of Topliss-reactive ketones (excluding diaryl/α,β-unsaturated/α-hetero) is 2. The normalized spacial score (nSPS) is 12.8. The molecule has 0 bridgehead atoms. The van der Waals surface area contributed by atoms with Gasteiger partial charge in [0.05, 0.1) is 6.42 Å². The second-order valence-electron chi connectivity index (χ2n) is 7.83. The first-order valence-corrected chi connectivity index (χ1v) is 11.0. The predicted octanol–water partition coefficient (Wildman–Crippen LogP) is 4.24. The Kier molecular flexibility index (Phi) is 14.4. The first kappa shape index (κ1) is 27.8. The molecule has 30 heavy (non-hydrogen) atoms. The van der Waals surface area contributed by atoms with Crippen LogP contribution in [0.4, 0.5) is 0 Å². The third-order valence-electron chi connectivity index (χ3n) is 5.35. The molecular formula is C22H36O8. The van der Waals surface area contributed by atoms with Crippen LogP contribution in [0.5, 0.6) is 0 Å². The summed E-state index contributed by atoms with van der Waals surface area (Å²) in [4.78, 5) is 57.7. The molecule has 0 radical (unpaired) electrons. The van der Waals surface area contributed by atoms with Gasteiger partial charge in [-0.2, -0.15) is 0 Å². The largest absolute Gasteiger partial charge is 0.481 e. The number of unbranched alkanes of at least 4 members (excludes halogenated alkanes) is 12. The zero-order valence-corrected chi connectivity index (χ0v) is 18.0. The number of carbonyl (C=O) groups excluding carboxylic acids is 2. The highest BCUT2D eigenvalue weighted by Gasteiger charge is 2.56. The van der Waals surface area contributed by atoms with Crippen molar-refractivity contribution in [1.29, 1.82) is 0 Å². The standard InChI is InChI=1S/C22H36O8/c1-2-3-4-5-6-7-8-9-10-11-12-13-14-15-17(23)22(21(29)30,16-18(24)25)19(26)20(27)28/h2-16H2,1H3,(H,24,25)(H,27,28)(H,29,30). The number of hydrogen-bond acceptors (Lipinski definition) is 5. The van der Waals surface area contributed by atoms with Crippen molar-refractivity contribution in [3.05, 3.63) is 0 Å². The molecule has 0 aliphatic heterocycles. The Bertz CT molecular complexity index is 584. The molecule has 1 atom stereocenters. The summed E-state index contributed by atoms with van der Waals surface area (Å²) in [7, 11) is 0. The smallest absolute Gasteiger partial charge is 0.373 e. The van der Waals surface area contributed by atoms with Crippen LogP contribution in [0.3, 0.4) is 0 Å². The molecule has 0 aromatic heterocycles. The molecule has 0 saturated carbocycles. The van der Waals surface area contributed by atoms with E-state index >= 15 is 0 Å². The number of carboxylic acid groups (broad SMARTS) is 3. The molecule has 0 aromatic rings. The SMILES string of the molecule is CCCCCCCCCCCCCCCC(=O)C(CC(=O)O)(C(=O)O)C(=O)C(=O)O. The van der Waals surface area contributed by atoms with Crippen LogP contribution in [0.15, 0.2) is 0 Å². The minimum atomic E-state index is -3.06. The van der Waals surface area contributed by atoms with Gasteiger partial charge in [0.15, 0.2) is 5.78 Å². The van der Waals surface area contributed by atoms with Gasteiger partial charge in [-0.25, -0.2) is 4.79 Å². The zero-order valence-electron chi connectivity index (χ0n) is 18.0. The maximum Gasteiger partial charge on any atom is 0.373 e. The van der Waals surface area contributed by atoms with Crippen LogP contribution in [0.2, 0.25) is 0 Å². The van der Waals surface area contributed by atoms with Crippen LogP contribution in [-0.4, -0.2) is 44.8 Å². The highest BCUT2D eigenvalue weighted by atomic mass is 16.4. The molecule has 0 fully saturated rings. The van der Waals surface area contributed by atoms with Gasteiger partial charge in [0, 0.05) is 6.42 Å². The van der Waals surface area contributed by atoms with E-state index in [0.29, 0.717) is 6.42 Å². The minimum Gasteiger partial charge on any atom is -0.481 e. The van der Waals surface area contributed by atoms with Gasteiger partial charge in [0.2, 0.25) is 5.41 Å². The monoisotopic (exact) mass is 428 g/mol. The van der Waals surface area contributed by atoms with Crippen molar-refractivity contribution in [3.63, 3.8) is 0 Å². The van der Waals surface area contributed by atoms with Gasteiger partial charge in [-0.15, -0.1) is 0 Å². The first-order valence-electron chi connectivity index (χ1n) is 11.0. The first-order chi connectivity index (χ1) is 14.2. The Balaban J connectivity index is 4.24. The maximum atomic E-state index is 12.4. The lowest BCUT2D eigenvalue weighted by Crippen LogP contribution is -2.50. The van der Waals surface area contributed by atoms with Gasteiger partial charge >= 0.3 is 17.9 Å². The fourth-order valence-electron chi connectivity index (χ4n) is 3.52. The molecule has 0 saturated heterocycles. The quantitative estimate of drug-likeness (QED) is 0.148. The number of hydrogen-bond donors (Lipinski definition) is 3. The van der Waals surface area contributed by atoms with E-state index in [1.807, 2.05) is 0 Å². The van der Waals surface area contributed by atoms with Crippen molar-refractivity contribution in [2.75, 3.05) is 0 Å². The van der Waals surface area contributed by atoms with Crippen molar-refractivity contribution in [3.8, 4) is 0 Å². The molecule has 0 heterocycles. The van der Waals surface area contributed by atoms with Crippen molar-refractivity contribution in [1.82, 2.24) is 0 Å². The van der Waals surface area contributed by atoms with Crippen LogP contribution < -0.4 is 0 Å². The number of carbonyl (C=O) groups is 5. The summed E-state index contributed by atoms with van der Waals surface area (Å²) in [5.41, 5.74) is -3.06. The highest BCUT2D eigenvalue weighted by molar-refractivity contribution is 6.45. The fourth-order valence-corrected chi connectivity index (χ4v) is 3.52. The van der Waals surface area contributed by atoms with Crippen molar-refractivity contribution in [2.45, 2.75) is 103 Å². The van der Waals surface area contributed by atoms with E-state index in [0.717, 1.165) is 25.7 Å². The van der Waals surface area contributed by atoms with E-state index < -0.39 is 41.3 Å². The number of ketones is 2. The van der Waals surface area contributed by atoms with Gasteiger partial charge in [-0.1, -0.05) is 84.0 Å². The van der Waals surface area contributed by atoms with Crippen LogP contribution in [0.25, 0.3) is 0 Å². The number of rotatable bonds is 20. The van der Waals surface area contributed by atoms with Crippen LogP contribution in [0, 0.1) is 5.41 Å². The second kappa shape index (κ2) is 15.6. The van der Waals surface area contributed by atoms with Crippen LogP contribution in [0.1, 0.15) is 103 Å². The summed E-state index contributed by atoms with van der Waals surface area (Å²) in [6.07, 6.45) is 12.2. The molecule has 0 aliphatic carbocycles. The number of aliphatic carboxylic acids is 3. The van der Waals surface area contributed by atoms with E-state index in [-0.39, 0.29) is 12.8 Å². The number of carboxylic acids is 3. The molecule has 0 spiro atoms. The highest BCUT2D eigenvalue weighted by Crippen LogP contribution is 2.29. The lowest BCUT2D eigenvalue weighted by molar-refractivity contribution is -0.170. The molecule has 172 valence electrons. The Labute approximate surface area is 178 Å². The maximum absolute atomic E-state index is 12.4. The predicted molar refractivity (Wildman–Crippen MR) is 110 cm³/mol. The molecule has 8 nitrogen and oxygen atoms in total. The van der Waals surface area contributed by atoms with E-state index in [9.17, 15) is 29.1 Å². The third-order valence-corrected chi connectivity index (χ3v) is 5.35. The average Bonchev–Trinajstić information content (AvgIpc) is 2.68. The lowest BCUT2D eigenvalue weighted by Gasteiger charge is -2.22.